The van der Waals surface area contributed by atoms with E-state index in [9.17, 15) is 0 Å². The standard InChI is InChI=1S/C14H23N3O2/c15-9-12-2-6-19-14(12)11-16-3-1-13(10-16)17-4-7-18-8-5-17/h2,6,13H,1,3-5,7-11,15H2. The van der Waals surface area contributed by atoms with Crippen LogP contribution in [-0.2, 0) is 17.8 Å². The van der Waals surface area contributed by atoms with Crippen LogP contribution in [0.1, 0.15) is 17.7 Å². The zero-order valence-corrected chi connectivity index (χ0v) is 11.4. The molecule has 3 heterocycles. The van der Waals surface area contributed by atoms with Gasteiger partial charge in [-0.15, -0.1) is 0 Å². The van der Waals surface area contributed by atoms with Crippen molar-refractivity contribution in [2.24, 2.45) is 5.73 Å². The molecule has 0 radical (unpaired) electrons. The molecule has 5 heteroatoms. The van der Waals surface area contributed by atoms with E-state index in [0.29, 0.717) is 12.6 Å². The molecule has 2 aliphatic heterocycles. The summed E-state index contributed by atoms with van der Waals surface area (Å²) in [6, 6.07) is 2.66. The molecule has 1 atom stereocenters. The smallest absolute Gasteiger partial charge is 0.122 e. The Morgan fingerprint density at radius 1 is 1.26 bits per heavy atom. The van der Waals surface area contributed by atoms with Gasteiger partial charge >= 0.3 is 0 Å². The Morgan fingerprint density at radius 2 is 2.11 bits per heavy atom. The Bertz CT molecular complexity index is 401. The van der Waals surface area contributed by atoms with E-state index in [1.807, 2.05) is 6.07 Å². The van der Waals surface area contributed by atoms with E-state index < -0.39 is 0 Å². The summed E-state index contributed by atoms with van der Waals surface area (Å²) in [5.74, 6) is 1.03. The SMILES string of the molecule is NCc1ccoc1CN1CCC(N2CCOCC2)C1. The lowest BCUT2D eigenvalue weighted by atomic mass is 10.2. The Hall–Kier alpha value is -0.880. The molecule has 0 aliphatic carbocycles. The molecule has 5 nitrogen and oxygen atoms in total. The van der Waals surface area contributed by atoms with E-state index in [0.717, 1.165) is 57.3 Å². The highest BCUT2D eigenvalue weighted by Crippen LogP contribution is 2.20. The maximum absolute atomic E-state index is 5.71. The average Bonchev–Trinajstić information content (AvgIpc) is 3.09. The summed E-state index contributed by atoms with van der Waals surface area (Å²) in [6.07, 6.45) is 2.99. The molecule has 0 spiro atoms. The van der Waals surface area contributed by atoms with E-state index in [2.05, 4.69) is 9.80 Å². The third-order valence-electron chi connectivity index (χ3n) is 4.23. The van der Waals surface area contributed by atoms with Crippen LogP contribution < -0.4 is 5.73 Å². The molecule has 0 saturated carbocycles. The molecule has 0 aromatic carbocycles. The van der Waals surface area contributed by atoms with Crippen molar-refractivity contribution in [2.45, 2.75) is 25.6 Å². The summed E-state index contributed by atoms with van der Waals surface area (Å²) in [7, 11) is 0. The third kappa shape index (κ3) is 3.00. The van der Waals surface area contributed by atoms with Crippen molar-refractivity contribution in [3.8, 4) is 0 Å². The molecule has 2 fully saturated rings. The number of rotatable bonds is 4. The molecule has 1 aromatic heterocycles. The topological polar surface area (TPSA) is 54.9 Å². The van der Waals surface area contributed by atoms with Gasteiger partial charge in [-0.1, -0.05) is 0 Å². The lowest BCUT2D eigenvalue weighted by Crippen LogP contribution is -2.44. The van der Waals surface area contributed by atoms with Crippen LogP contribution >= 0.6 is 0 Å². The minimum absolute atomic E-state index is 0.562. The summed E-state index contributed by atoms with van der Waals surface area (Å²) in [4.78, 5) is 5.04. The summed E-state index contributed by atoms with van der Waals surface area (Å²) in [5.41, 5.74) is 6.85. The summed E-state index contributed by atoms with van der Waals surface area (Å²) >= 11 is 0. The number of hydrogen-bond donors (Lipinski definition) is 1. The van der Waals surface area contributed by atoms with E-state index in [-0.39, 0.29) is 0 Å². The predicted molar refractivity (Wildman–Crippen MR) is 72.7 cm³/mol. The van der Waals surface area contributed by atoms with Crippen molar-refractivity contribution in [3.63, 3.8) is 0 Å². The normalized spacial score (nSPS) is 26.1. The van der Waals surface area contributed by atoms with Crippen LogP contribution in [0.25, 0.3) is 0 Å². The first-order chi connectivity index (χ1) is 9.36. The zero-order valence-electron chi connectivity index (χ0n) is 11.4. The van der Waals surface area contributed by atoms with Crippen molar-refractivity contribution >= 4 is 0 Å². The Balaban J connectivity index is 1.54. The van der Waals surface area contributed by atoms with Gasteiger partial charge in [0.1, 0.15) is 5.76 Å². The molecule has 0 amide bonds. The largest absolute Gasteiger partial charge is 0.468 e. The number of furan rings is 1. The number of nitrogens with two attached hydrogens (primary N) is 1. The lowest BCUT2D eigenvalue weighted by molar-refractivity contribution is 0.0182. The molecule has 1 aromatic rings. The highest BCUT2D eigenvalue weighted by atomic mass is 16.5. The van der Waals surface area contributed by atoms with Crippen LogP contribution in [-0.4, -0.2) is 55.2 Å². The maximum Gasteiger partial charge on any atom is 0.122 e. The highest BCUT2D eigenvalue weighted by Gasteiger charge is 2.29. The van der Waals surface area contributed by atoms with Gasteiger partial charge in [0.25, 0.3) is 0 Å². The fourth-order valence-electron chi connectivity index (χ4n) is 3.09. The van der Waals surface area contributed by atoms with Crippen LogP contribution in [0.15, 0.2) is 16.7 Å². The van der Waals surface area contributed by atoms with Gasteiger partial charge < -0.3 is 14.9 Å². The lowest BCUT2D eigenvalue weighted by Gasteiger charge is -2.32. The van der Waals surface area contributed by atoms with Gasteiger partial charge in [-0.05, 0) is 12.5 Å². The van der Waals surface area contributed by atoms with Crippen LogP contribution in [0, 0.1) is 0 Å². The minimum atomic E-state index is 0.562. The second-order valence-corrected chi connectivity index (χ2v) is 5.40. The van der Waals surface area contributed by atoms with Gasteiger partial charge in [-0.25, -0.2) is 0 Å². The van der Waals surface area contributed by atoms with E-state index in [1.165, 1.54) is 6.42 Å². The van der Waals surface area contributed by atoms with Gasteiger partial charge in [0.15, 0.2) is 0 Å². The number of ether oxygens (including phenoxy) is 1. The van der Waals surface area contributed by atoms with Crippen molar-refractivity contribution in [1.29, 1.82) is 0 Å². The van der Waals surface area contributed by atoms with Crippen molar-refractivity contribution in [2.75, 3.05) is 39.4 Å². The van der Waals surface area contributed by atoms with Crippen LogP contribution in [0.2, 0.25) is 0 Å². The molecule has 106 valence electrons. The Kier molecular flexibility index (Phi) is 4.18. The van der Waals surface area contributed by atoms with Crippen LogP contribution in [0.5, 0.6) is 0 Å². The number of likely N-dealkylation sites (tertiary alicyclic amines) is 1. The minimum Gasteiger partial charge on any atom is -0.468 e. The molecule has 2 N–H and O–H groups in total. The summed E-state index contributed by atoms with van der Waals surface area (Å²) < 4.78 is 11.0. The molecule has 1 unspecified atom stereocenters. The fraction of sp³-hybridized carbons (Fsp3) is 0.714. The molecular weight excluding hydrogens is 242 g/mol. The molecule has 0 bridgehead atoms. The van der Waals surface area contributed by atoms with Gasteiger partial charge in [0, 0.05) is 44.3 Å². The average molecular weight is 265 g/mol. The van der Waals surface area contributed by atoms with Crippen LogP contribution in [0.4, 0.5) is 0 Å². The fourth-order valence-corrected chi connectivity index (χ4v) is 3.09. The first kappa shape index (κ1) is 13.1. The quantitative estimate of drug-likeness (QED) is 0.866. The van der Waals surface area contributed by atoms with Gasteiger partial charge in [0.2, 0.25) is 0 Å². The monoisotopic (exact) mass is 265 g/mol. The van der Waals surface area contributed by atoms with E-state index in [4.69, 9.17) is 14.9 Å². The van der Waals surface area contributed by atoms with Crippen molar-refractivity contribution in [1.82, 2.24) is 9.80 Å². The van der Waals surface area contributed by atoms with Gasteiger partial charge in [-0.3, -0.25) is 9.80 Å². The number of hydrogen-bond acceptors (Lipinski definition) is 5. The van der Waals surface area contributed by atoms with E-state index in [1.54, 1.807) is 6.26 Å². The third-order valence-corrected chi connectivity index (χ3v) is 4.23. The summed E-state index contributed by atoms with van der Waals surface area (Å²) in [5, 5.41) is 0. The second-order valence-electron chi connectivity index (χ2n) is 5.40. The number of morpholine rings is 1. The molecule has 19 heavy (non-hydrogen) atoms. The van der Waals surface area contributed by atoms with Gasteiger partial charge in [0.05, 0.1) is 26.0 Å². The van der Waals surface area contributed by atoms with Crippen LogP contribution in [0.3, 0.4) is 0 Å². The summed E-state index contributed by atoms with van der Waals surface area (Å²) in [6.45, 7) is 7.64. The maximum atomic E-state index is 5.71. The number of nitrogens with zero attached hydrogens (tertiary/aromatic N) is 2. The van der Waals surface area contributed by atoms with Crippen molar-refractivity contribution < 1.29 is 9.15 Å². The first-order valence-electron chi connectivity index (χ1n) is 7.16. The predicted octanol–water partition coefficient (Wildman–Crippen LogP) is 0.645. The highest BCUT2D eigenvalue weighted by molar-refractivity contribution is 5.16. The second kappa shape index (κ2) is 6.05. The molecule has 3 rings (SSSR count). The van der Waals surface area contributed by atoms with Gasteiger partial charge in [-0.2, -0.15) is 0 Å². The molecule has 2 aliphatic rings. The first-order valence-corrected chi connectivity index (χ1v) is 7.16. The Labute approximate surface area is 114 Å². The van der Waals surface area contributed by atoms with E-state index >= 15 is 0 Å². The van der Waals surface area contributed by atoms with Crippen molar-refractivity contribution in [3.05, 3.63) is 23.7 Å². The Morgan fingerprint density at radius 3 is 2.89 bits per heavy atom. The molecule has 2 saturated heterocycles. The molecular formula is C14H23N3O2. The zero-order chi connectivity index (χ0) is 13.1.